The highest BCUT2D eigenvalue weighted by atomic mass is 35.5. The van der Waals surface area contributed by atoms with E-state index in [1.54, 1.807) is 17.0 Å². The lowest BCUT2D eigenvalue weighted by Gasteiger charge is -2.32. The highest BCUT2D eigenvalue weighted by Crippen LogP contribution is 2.31. The van der Waals surface area contributed by atoms with Crippen LogP contribution in [0.15, 0.2) is 72.8 Å². The molecule has 1 unspecified atom stereocenters. The molecule has 0 saturated carbocycles. The maximum atomic E-state index is 13.9. The van der Waals surface area contributed by atoms with Crippen LogP contribution in [0.1, 0.15) is 51.3 Å². The Morgan fingerprint density at radius 2 is 1.56 bits per heavy atom. The number of hydrogen-bond acceptors (Lipinski definition) is 3. The maximum absolute atomic E-state index is 13.9. The summed E-state index contributed by atoms with van der Waals surface area (Å²) in [7, 11) is 0. The third kappa shape index (κ3) is 9.01. The number of benzene rings is 3. The lowest BCUT2D eigenvalue weighted by Crippen LogP contribution is -2.52. The number of nitrogens with one attached hydrogen (secondary N) is 1. The van der Waals surface area contributed by atoms with Gasteiger partial charge >= 0.3 is 0 Å². The Kier molecular flexibility index (Phi) is 10.8. The van der Waals surface area contributed by atoms with Gasteiger partial charge in [0.1, 0.15) is 11.8 Å². The lowest BCUT2D eigenvalue weighted by molar-refractivity contribution is -0.142. The smallest absolute Gasteiger partial charge is 0.261 e. The number of ether oxygens (including phenoxy) is 1. The predicted molar refractivity (Wildman–Crippen MR) is 159 cm³/mol. The molecule has 208 valence electrons. The fourth-order valence-electron chi connectivity index (χ4n) is 4.25. The van der Waals surface area contributed by atoms with Crippen LogP contribution in [0.4, 0.5) is 0 Å². The summed E-state index contributed by atoms with van der Waals surface area (Å²) in [6.07, 6.45) is 0.358. The van der Waals surface area contributed by atoms with Crippen LogP contribution in [0.3, 0.4) is 0 Å². The van der Waals surface area contributed by atoms with E-state index in [4.69, 9.17) is 27.9 Å². The van der Waals surface area contributed by atoms with Crippen molar-refractivity contribution >= 4 is 35.0 Å². The molecule has 0 aliphatic rings. The van der Waals surface area contributed by atoms with Crippen LogP contribution in [0, 0.1) is 5.92 Å². The van der Waals surface area contributed by atoms with E-state index in [0.29, 0.717) is 28.8 Å². The van der Waals surface area contributed by atoms with Crippen LogP contribution in [0.5, 0.6) is 5.75 Å². The van der Waals surface area contributed by atoms with Crippen molar-refractivity contribution in [1.82, 2.24) is 10.2 Å². The molecule has 5 nitrogen and oxygen atoms in total. The van der Waals surface area contributed by atoms with Crippen LogP contribution in [0.25, 0.3) is 0 Å². The van der Waals surface area contributed by atoms with E-state index >= 15 is 0 Å². The maximum Gasteiger partial charge on any atom is 0.261 e. The zero-order chi connectivity index (χ0) is 28.6. The molecule has 3 aromatic carbocycles. The zero-order valence-corrected chi connectivity index (χ0v) is 24.9. The van der Waals surface area contributed by atoms with Crippen LogP contribution in [-0.4, -0.2) is 35.9 Å². The van der Waals surface area contributed by atoms with Crippen molar-refractivity contribution in [3.05, 3.63) is 99.5 Å². The summed E-state index contributed by atoms with van der Waals surface area (Å²) in [4.78, 5) is 29.0. The van der Waals surface area contributed by atoms with Gasteiger partial charge in [0, 0.05) is 19.5 Å². The molecule has 0 radical (unpaired) electrons. The first kappa shape index (κ1) is 30.5. The molecule has 0 spiro atoms. The van der Waals surface area contributed by atoms with Gasteiger partial charge < -0.3 is 15.0 Å². The minimum Gasteiger partial charge on any atom is -0.483 e. The lowest BCUT2D eigenvalue weighted by atomic mass is 9.86. The molecule has 0 saturated heterocycles. The second-order valence-corrected chi connectivity index (χ2v) is 12.0. The summed E-state index contributed by atoms with van der Waals surface area (Å²) in [5, 5.41) is 3.84. The summed E-state index contributed by atoms with van der Waals surface area (Å²) >= 11 is 12.4. The minimum atomic E-state index is -0.755. The molecular weight excluding hydrogens is 531 g/mol. The Labute approximate surface area is 242 Å². The van der Waals surface area contributed by atoms with Crippen LogP contribution in [0.2, 0.25) is 10.0 Å². The molecule has 0 aliphatic carbocycles. The molecule has 3 aromatic rings. The van der Waals surface area contributed by atoms with Gasteiger partial charge in [0.25, 0.3) is 5.91 Å². The van der Waals surface area contributed by atoms with Gasteiger partial charge in [-0.3, -0.25) is 9.59 Å². The average Bonchev–Trinajstić information content (AvgIpc) is 2.90. The molecular formula is C32H38Cl2N2O3. The second kappa shape index (κ2) is 13.9. The van der Waals surface area contributed by atoms with E-state index in [9.17, 15) is 9.59 Å². The normalized spacial score (nSPS) is 12.2. The van der Waals surface area contributed by atoms with Gasteiger partial charge in [0.05, 0.1) is 10.0 Å². The van der Waals surface area contributed by atoms with Crippen LogP contribution < -0.4 is 10.1 Å². The standard InChI is InChI=1S/C32H38Cl2N2O3/c1-22(2)19-35-31(38)28(18-23-11-7-6-8-12-23)36(20-24-15-16-26(33)27(34)17-24)30(37)21-39-29-14-10-9-13-25(29)32(3,4)5/h6-17,22,28H,18-21H2,1-5H3,(H,35,38). The van der Waals surface area contributed by atoms with Gasteiger partial charge in [0.15, 0.2) is 6.61 Å². The SMILES string of the molecule is CC(C)CNC(=O)C(Cc1ccccc1)N(Cc1ccc(Cl)c(Cl)c1)C(=O)COc1ccccc1C(C)(C)C. The van der Waals surface area contributed by atoms with Gasteiger partial charge in [-0.2, -0.15) is 0 Å². The number of carbonyl (C=O) groups excluding carboxylic acids is 2. The fourth-order valence-corrected chi connectivity index (χ4v) is 4.57. The van der Waals surface area contributed by atoms with E-state index < -0.39 is 6.04 Å². The third-order valence-electron chi connectivity index (χ3n) is 6.34. The number of amides is 2. The Balaban J connectivity index is 1.96. The largest absolute Gasteiger partial charge is 0.483 e. The van der Waals surface area contributed by atoms with Crippen LogP contribution >= 0.6 is 23.2 Å². The van der Waals surface area contributed by atoms with Crippen molar-refractivity contribution in [2.24, 2.45) is 5.92 Å². The van der Waals surface area contributed by atoms with Gasteiger partial charge in [-0.25, -0.2) is 0 Å². The van der Waals surface area contributed by atoms with Crippen molar-refractivity contribution in [3.8, 4) is 5.75 Å². The molecule has 7 heteroatoms. The van der Waals surface area contributed by atoms with Crippen molar-refractivity contribution in [2.45, 2.75) is 59.0 Å². The summed E-state index contributed by atoms with van der Waals surface area (Å²) < 4.78 is 6.10. The predicted octanol–water partition coefficient (Wildman–Crippen LogP) is 7.08. The highest BCUT2D eigenvalue weighted by Gasteiger charge is 2.31. The molecule has 0 heterocycles. The number of para-hydroxylation sites is 1. The molecule has 1 N–H and O–H groups in total. The quantitative estimate of drug-likeness (QED) is 0.269. The second-order valence-electron chi connectivity index (χ2n) is 11.1. The summed E-state index contributed by atoms with van der Waals surface area (Å²) in [5.74, 6) is 0.404. The molecule has 1 atom stereocenters. The van der Waals surface area contributed by atoms with Crippen molar-refractivity contribution in [3.63, 3.8) is 0 Å². The van der Waals surface area contributed by atoms with Gasteiger partial charge in [-0.15, -0.1) is 0 Å². The van der Waals surface area contributed by atoms with E-state index in [1.807, 2.05) is 74.5 Å². The Hall–Kier alpha value is -3.02. The summed E-state index contributed by atoms with van der Waals surface area (Å²) in [6.45, 7) is 10.8. The van der Waals surface area contributed by atoms with Gasteiger partial charge in [-0.1, -0.05) is 112 Å². The zero-order valence-electron chi connectivity index (χ0n) is 23.3. The van der Waals surface area contributed by atoms with E-state index in [0.717, 1.165) is 16.7 Å². The molecule has 0 aliphatic heterocycles. The van der Waals surface area contributed by atoms with E-state index in [1.165, 1.54) is 0 Å². The molecule has 2 amide bonds. The number of carbonyl (C=O) groups is 2. The first-order chi connectivity index (χ1) is 18.5. The minimum absolute atomic E-state index is 0.161. The number of halogens is 2. The van der Waals surface area contributed by atoms with Gasteiger partial charge in [-0.05, 0) is 46.2 Å². The topological polar surface area (TPSA) is 58.6 Å². The third-order valence-corrected chi connectivity index (χ3v) is 7.08. The number of nitrogens with zero attached hydrogens (tertiary/aromatic N) is 1. The van der Waals surface area contributed by atoms with Crippen molar-refractivity contribution < 1.29 is 14.3 Å². The van der Waals surface area contributed by atoms with Crippen molar-refractivity contribution in [1.29, 1.82) is 0 Å². The molecule has 0 bridgehead atoms. The van der Waals surface area contributed by atoms with E-state index in [2.05, 4.69) is 26.1 Å². The highest BCUT2D eigenvalue weighted by molar-refractivity contribution is 6.42. The average molecular weight is 570 g/mol. The monoisotopic (exact) mass is 568 g/mol. The molecule has 0 fully saturated rings. The molecule has 3 rings (SSSR count). The fraction of sp³-hybridized carbons (Fsp3) is 0.375. The number of rotatable bonds is 11. The first-order valence-corrected chi connectivity index (χ1v) is 14.0. The molecule has 0 aromatic heterocycles. The van der Waals surface area contributed by atoms with Gasteiger partial charge in [0.2, 0.25) is 5.91 Å². The Morgan fingerprint density at radius 1 is 0.897 bits per heavy atom. The van der Waals surface area contributed by atoms with Crippen LogP contribution in [-0.2, 0) is 28.0 Å². The number of hydrogen-bond donors (Lipinski definition) is 1. The first-order valence-electron chi connectivity index (χ1n) is 13.2. The Bertz CT molecular complexity index is 1260. The van der Waals surface area contributed by atoms with E-state index in [-0.39, 0.29) is 36.3 Å². The summed E-state index contributed by atoms with van der Waals surface area (Å²) in [5.41, 5.74) is 2.56. The summed E-state index contributed by atoms with van der Waals surface area (Å²) in [6, 6.07) is 21.9. The molecule has 39 heavy (non-hydrogen) atoms. The van der Waals surface area contributed by atoms with Crippen molar-refractivity contribution in [2.75, 3.05) is 13.2 Å². The Morgan fingerprint density at radius 3 is 2.21 bits per heavy atom.